The van der Waals surface area contributed by atoms with Gasteiger partial charge in [0.15, 0.2) is 0 Å². The van der Waals surface area contributed by atoms with Crippen LogP contribution in [0.4, 0.5) is 5.82 Å². The topological polar surface area (TPSA) is 28.2 Å². The molecule has 0 amide bonds. The van der Waals surface area contributed by atoms with Gasteiger partial charge in [-0.1, -0.05) is 25.3 Å². The van der Waals surface area contributed by atoms with Crippen molar-refractivity contribution in [1.82, 2.24) is 9.88 Å². The lowest BCUT2D eigenvalue weighted by atomic mass is 9.75. The van der Waals surface area contributed by atoms with E-state index in [1.165, 1.54) is 50.8 Å². The summed E-state index contributed by atoms with van der Waals surface area (Å²) < 4.78 is 0. The van der Waals surface area contributed by atoms with Gasteiger partial charge in [0, 0.05) is 25.8 Å². The zero-order chi connectivity index (χ0) is 13.8. The van der Waals surface area contributed by atoms with Gasteiger partial charge in [0.05, 0.1) is 0 Å². The van der Waals surface area contributed by atoms with Crippen LogP contribution in [-0.2, 0) is 6.54 Å². The molecule has 2 aliphatic rings. The molecular formula is C17H27N3. The van der Waals surface area contributed by atoms with Crippen molar-refractivity contribution in [2.75, 3.05) is 25.0 Å². The number of anilines is 1. The Bertz CT molecular complexity index is 415. The molecule has 0 spiro atoms. The SMILES string of the molecule is CCNc1ccc(CN2CCC3CCCCC3C2)cn1. The molecule has 1 saturated heterocycles. The maximum Gasteiger partial charge on any atom is 0.125 e. The fraction of sp³-hybridized carbons (Fsp3) is 0.706. The molecule has 2 fully saturated rings. The summed E-state index contributed by atoms with van der Waals surface area (Å²) >= 11 is 0. The van der Waals surface area contributed by atoms with E-state index in [0.29, 0.717) is 0 Å². The summed E-state index contributed by atoms with van der Waals surface area (Å²) in [4.78, 5) is 7.11. The lowest BCUT2D eigenvalue weighted by Crippen LogP contribution is -2.41. The number of hydrogen-bond acceptors (Lipinski definition) is 3. The van der Waals surface area contributed by atoms with E-state index in [1.807, 2.05) is 6.20 Å². The maximum atomic E-state index is 4.48. The van der Waals surface area contributed by atoms with E-state index in [2.05, 4.69) is 34.3 Å². The molecule has 1 aliphatic heterocycles. The number of nitrogens with one attached hydrogen (secondary N) is 1. The zero-order valence-electron chi connectivity index (χ0n) is 12.6. The molecule has 3 nitrogen and oxygen atoms in total. The normalized spacial score (nSPS) is 27.1. The monoisotopic (exact) mass is 273 g/mol. The quantitative estimate of drug-likeness (QED) is 0.909. The summed E-state index contributed by atoms with van der Waals surface area (Å²) in [6.07, 6.45) is 9.31. The van der Waals surface area contributed by atoms with Crippen LogP contribution in [0.1, 0.15) is 44.6 Å². The minimum absolute atomic E-state index is 0.932. The summed E-state index contributed by atoms with van der Waals surface area (Å²) in [6.45, 7) is 6.68. The van der Waals surface area contributed by atoms with Crippen LogP contribution in [-0.4, -0.2) is 29.5 Å². The van der Waals surface area contributed by atoms with Crippen molar-refractivity contribution in [2.45, 2.75) is 45.6 Å². The van der Waals surface area contributed by atoms with Crippen LogP contribution in [0.15, 0.2) is 18.3 Å². The van der Waals surface area contributed by atoms with Gasteiger partial charge >= 0.3 is 0 Å². The van der Waals surface area contributed by atoms with Crippen LogP contribution >= 0.6 is 0 Å². The van der Waals surface area contributed by atoms with Gasteiger partial charge in [-0.2, -0.15) is 0 Å². The molecule has 3 rings (SSSR count). The van der Waals surface area contributed by atoms with Crippen LogP contribution in [0.3, 0.4) is 0 Å². The van der Waals surface area contributed by atoms with Crippen LogP contribution in [0.25, 0.3) is 0 Å². The summed E-state index contributed by atoms with van der Waals surface area (Å²) in [7, 11) is 0. The maximum absolute atomic E-state index is 4.48. The Morgan fingerprint density at radius 1 is 1.20 bits per heavy atom. The van der Waals surface area contributed by atoms with Crippen LogP contribution in [0.2, 0.25) is 0 Å². The second kappa shape index (κ2) is 6.57. The van der Waals surface area contributed by atoms with Gasteiger partial charge in [-0.05, 0) is 49.8 Å². The van der Waals surface area contributed by atoms with Gasteiger partial charge in [0.25, 0.3) is 0 Å². The van der Waals surface area contributed by atoms with Crippen molar-refractivity contribution in [2.24, 2.45) is 11.8 Å². The summed E-state index contributed by atoms with van der Waals surface area (Å²) in [6, 6.07) is 4.32. The van der Waals surface area contributed by atoms with E-state index in [9.17, 15) is 0 Å². The molecule has 2 atom stereocenters. The first-order valence-corrected chi connectivity index (χ1v) is 8.26. The summed E-state index contributed by atoms with van der Waals surface area (Å²) in [5.74, 6) is 2.97. The fourth-order valence-corrected chi connectivity index (χ4v) is 3.88. The predicted octanol–water partition coefficient (Wildman–Crippen LogP) is 3.53. The van der Waals surface area contributed by atoms with E-state index in [-0.39, 0.29) is 0 Å². The zero-order valence-corrected chi connectivity index (χ0v) is 12.6. The molecule has 20 heavy (non-hydrogen) atoms. The fourth-order valence-electron chi connectivity index (χ4n) is 3.88. The molecule has 1 N–H and O–H groups in total. The smallest absolute Gasteiger partial charge is 0.125 e. The van der Waals surface area contributed by atoms with Gasteiger partial charge in [-0.25, -0.2) is 4.98 Å². The van der Waals surface area contributed by atoms with E-state index in [0.717, 1.165) is 30.7 Å². The van der Waals surface area contributed by atoms with Crippen LogP contribution < -0.4 is 5.32 Å². The average molecular weight is 273 g/mol. The van der Waals surface area contributed by atoms with Crippen molar-refractivity contribution >= 4 is 5.82 Å². The van der Waals surface area contributed by atoms with Crippen molar-refractivity contribution < 1.29 is 0 Å². The Kier molecular flexibility index (Phi) is 4.56. The highest BCUT2D eigenvalue weighted by Crippen LogP contribution is 2.36. The van der Waals surface area contributed by atoms with Crippen molar-refractivity contribution in [1.29, 1.82) is 0 Å². The predicted molar refractivity (Wildman–Crippen MR) is 83.7 cm³/mol. The second-order valence-corrected chi connectivity index (χ2v) is 6.41. The van der Waals surface area contributed by atoms with E-state index < -0.39 is 0 Å². The van der Waals surface area contributed by atoms with Crippen LogP contribution in [0, 0.1) is 11.8 Å². The highest BCUT2D eigenvalue weighted by Gasteiger charge is 2.30. The highest BCUT2D eigenvalue weighted by molar-refractivity contribution is 5.35. The molecule has 0 radical (unpaired) electrons. The third-order valence-electron chi connectivity index (χ3n) is 4.96. The van der Waals surface area contributed by atoms with Crippen molar-refractivity contribution in [3.63, 3.8) is 0 Å². The van der Waals surface area contributed by atoms with E-state index >= 15 is 0 Å². The number of pyridine rings is 1. The molecule has 3 heteroatoms. The Morgan fingerprint density at radius 2 is 2.05 bits per heavy atom. The minimum Gasteiger partial charge on any atom is -0.370 e. The first-order valence-electron chi connectivity index (χ1n) is 8.26. The Labute approximate surface area is 122 Å². The summed E-state index contributed by atoms with van der Waals surface area (Å²) in [5, 5.41) is 3.25. The molecule has 0 bridgehead atoms. The number of rotatable bonds is 4. The minimum atomic E-state index is 0.932. The standard InChI is InChI=1S/C17H27N3/c1-2-18-17-8-7-14(11-19-17)12-20-10-9-15-5-3-4-6-16(15)13-20/h7-8,11,15-16H,2-6,9-10,12-13H2,1H3,(H,18,19). The summed E-state index contributed by atoms with van der Waals surface area (Å²) in [5.41, 5.74) is 1.35. The lowest BCUT2D eigenvalue weighted by Gasteiger charge is -2.41. The second-order valence-electron chi connectivity index (χ2n) is 6.41. The van der Waals surface area contributed by atoms with E-state index in [1.54, 1.807) is 0 Å². The third-order valence-corrected chi connectivity index (χ3v) is 4.96. The van der Waals surface area contributed by atoms with Gasteiger partial charge in [-0.3, -0.25) is 4.90 Å². The molecule has 2 unspecified atom stereocenters. The van der Waals surface area contributed by atoms with Crippen LogP contribution in [0.5, 0.6) is 0 Å². The van der Waals surface area contributed by atoms with Gasteiger partial charge < -0.3 is 5.32 Å². The number of piperidine rings is 1. The number of fused-ring (bicyclic) bond motifs is 1. The third kappa shape index (κ3) is 3.32. The number of aromatic nitrogens is 1. The Balaban J connectivity index is 1.55. The van der Waals surface area contributed by atoms with Gasteiger partial charge in [0.1, 0.15) is 5.82 Å². The molecule has 1 aromatic heterocycles. The Morgan fingerprint density at radius 3 is 2.80 bits per heavy atom. The number of likely N-dealkylation sites (tertiary alicyclic amines) is 1. The van der Waals surface area contributed by atoms with Crippen molar-refractivity contribution in [3.8, 4) is 0 Å². The molecule has 110 valence electrons. The lowest BCUT2D eigenvalue weighted by molar-refractivity contribution is 0.0820. The number of nitrogens with zero attached hydrogens (tertiary/aromatic N) is 2. The number of hydrogen-bond donors (Lipinski definition) is 1. The largest absolute Gasteiger partial charge is 0.370 e. The average Bonchev–Trinajstić information content (AvgIpc) is 2.49. The molecular weight excluding hydrogens is 246 g/mol. The molecule has 2 heterocycles. The first-order chi connectivity index (χ1) is 9.85. The van der Waals surface area contributed by atoms with E-state index in [4.69, 9.17) is 0 Å². The molecule has 1 aromatic rings. The first kappa shape index (κ1) is 13.9. The Hall–Kier alpha value is -1.09. The molecule has 1 aliphatic carbocycles. The molecule has 0 aromatic carbocycles. The highest BCUT2D eigenvalue weighted by atomic mass is 15.1. The molecule has 1 saturated carbocycles. The van der Waals surface area contributed by atoms with Gasteiger partial charge in [-0.15, -0.1) is 0 Å². The van der Waals surface area contributed by atoms with Gasteiger partial charge in [0.2, 0.25) is 0 Å². The van der Waals surface area contributed by atoms with Crippen molar-refractivity contribution in [3.05, 3.63) is 23.9 Å².